The van der Waals surface area contributed by atoms with Gasteiger partial charge < -0.3 is 4.90 Å². The fraction of sp³-hybridized carbons (Fsp3) is 0.333. The Morgan fingerprint density at radius 1 is 0.720 bits per heavy atom. The van der Waals surface area contributed by atoms with Crippen LogP contribution in [0.15, 0.2) is 48.5 Å². The Morgan fingerprint density at radius 3 is 1.36 bits per heavy atom. The second-order valence-electron chi connectivity index (χ2n) is 6.38. The minimum Gasteiger partial charge on any atom is -0.305 e. The van der Waals surface area contributed by atoms with Crippen LogP contribution in [0.1, 0.15) is 44.7 Å². The molecule has 0 saturated heterocycles. The molecule has 3 nitrogen and oxygen atoms in total. The zero-order valence-electron chi connectivity index (χ0n) is 15.1. The first-order valence-electron chi connectivity index (χ1n) is 8.34. The van der Waals surface area contributed by atoms with E-state index >= 15 is 0 Å². The van der Waals surface area contributed by atoms with E-state index in [1.165, 1.54) is 0 Å². The van der Waals surface area contributed by atoms with Gasteiger partial charge in [0.1, 0.15) is 0 Å². The van der Waals surface area contributed by atoms with Gasteiger partial charge in [-0.3, -0.25) is 9.59 Å². The van der Waals surface area contributed by atoms with Crippen molar-refractivity contribution in [2.24, 2.45) is 0 Å². The Bertz CT molecular complexity index is 631. The molecular weight excluding hydrogens is 334 g/mol. The van der Waals surface area contributed by atoms with Crippen LogP contribution in [0.5, 0.6) is 0 Å². The van der Waals surface area contributed by atoms with Crippen molar-refractivity contribution < 1.29 is 9.59 Å². The lowest BCUT2D eigenvalue weighted by Gasteiger charge is -2.15. The third kappa shape index (κ3) is 6.81. The van der Waals surface area contributed by atoms with Gasteiger partial charge in [0.05, 0.1) is 0 Å². The zero-order valence-corrected chi connectivity index (χ0v) is 15.9. The molecule has 2 aromatic carbocycles. The Kier molecular flexibility index (Phi) is 8.53. The number of Topliss-reactive ketones (excluding diaryl/α,β-unsaturated/α-hetero) is 2. The van der Waals surface area contributed by atoms with Crippen LogP contribution in [0, 0.1) is 13.8 Å². The predicted octanol–water partition coefficient (Wildman–Crippen LogP) is 4.50. The maximum Gasteiger partial charge on any atom is 0.164 e. The van der Waals surface area contributed by atoms with E-state index < -0.39 is 0 Å². The van der Waals surface area contributed by atoms with Crippen LogP contribution in [-0.4, -0.2) is 36.6 Å². The van der Waals surface area contributed by atoms with Crippen LogP contribution in [0.2, 0.25) is 0 Å². The molecule has 0 aliphatic carbocycles. The Morgan fingerprint density at radius 2 is 1.04 bits per heavy atom. The van der Waals surface area contributed by atoms with Crippen molar-refractivity contribution >= 4 is 24.0 Å². The molecule has 0 atom stereocenters. The molecule has 0 unspecified atom stereocenters. The summed E-state index contributed by atoms with van der Waals surface area (Å²) in [4.78, 5) is 26.4. The zero-order chi connectivity index (χ0) is 17.5. The van der Waals surface area contributed by atoms with Gasteiger partial charge in [0, 0.05) is 37.1 Å². The van der Waals surface area contributed by atoms with Gasteiger partial charge in [0.25, 0.3) is 0 Å². The van der Waals surface area contributed by atoms with E-state index in [-0.39, 0.29) is 24.0 Å². The highest BCUT2D eigenvalue weighted by atomic mass is 35.5. The first-order valence-corrected chi connectivity index (χ1v) is 8.34. The largest absolute Gasteiger partial charge is 0.305 e. The Hall–Kier alpha value is -1.97. The molecule has 0 amide bonds. The second kappa shape index (κ2) is 10.1. The van der Waals surface area contributed by atoms with Crippen molar-refractivity contribution in [3.05, 3.63) is 70.8 Å². The van der Waals surface area contributed by atoms with E-state index in [0.717, 1.165) is 22.3 Å². The standard InChI is InChI=1S/C21H25NO2.ClH/c1-16-4-8-18(9-5-16)20(23)12-14-22(3)15-13-21(24)19-10-6-17(2)7-11-19;/h4-11H,12-15H2,1-3H3;1H. The van der Waals surface area contributed by atoms with Gasteiger partial charge >= 0.3 is 0 Å². The van der Waals surface area contributed by atoms with Gasteiger partial charge in [0.2, 0.25) is 0 Å². The Balaban J connectivity index is 0.00000312. The maximum atomic E-state index is 12.2. The number of benzene rings is 2. The minimum atomic E-state index is 0. The van der Waals surface area contributed by atoms with E-state index in [0.29, 0.717) is 25.9 Å². The molecule has 0 aliphatic rings. The summed E-state index contributed by atoms with van der Waals surface area (Å²) in [6, 6.07) is 15.3. The average molecular weight is 360 g/mol. The molecule has 2 rings (SSSR count). The molecule has 0 aliphatic heterocycles. The normalized spacial score (nSPS) is 10.4. The summed E-state index contributed by atoms with van der Waals surface area (Å²) in [7, 11) is 1.95. The third-order valence-electron chi connectivity index (χ3n) is 4.19. The maximum absolute atomic E-state index is 12.2. The highest BCUT2D eigenvalue weighted by molar-refractivity contribution is 5.96. The number of nitrogens with zero attached hydrogens (tertiary/aromatic N) is 1. The lowest BCUT2D eigenvalue weighted by atomic mass is 10.1. The minimum absolute atomic E-state index is 0. The van der Waals surface area contributed by atoms with Gasteiger partial charge in [0.15, 0.2) is 11.6 Å². The molecule has 0 N–H and O–H groups in total. The van der Waals surface area contributed by atoms with Gasteiger partial charge in [-0.15, -0.1) is 12.4 Å². The molecule has 0 bridgehead atoms. The number of carbonyl (C=O) groups is 2. The molecule has 0 radical (unpaired) electrons. The monoisotopic (exact) mass is 359 g/mol. The molecule has 134 valence electrons. The number of hydrogen-bond acceptors (Lipinski definition) is 3. The number of rotatable bonds is 8. The van der Waals surface area contributed by atoms with Crippen LogP contribution in [0.3, 0.4) is 0 Å². The highest BCUT2D eigenvalue weighted by Crippen LogP contribution is 2.08. The summed E-state index contributed by atoms with van der Waals surface area (Å²) in [5.41, 5.74) is 3.81. The summed E-state index contributed by atoms with van der Waals surface area (Å²) in [5.74, 6) is 0.290. The molecule has 0 fully saturated rings. The van der Waals surface area contributed by atoms with Crippen LogP contribution >= 0.6 is 12.4 Å². The van der Waals surface area contributed by atoms with E-state index in [1.54, 1.807) is 0 Å². The van der Waals surface area contributed by atoms with Crippen LogP contribution in [-0.2, 0) is 0 Å². The first-order chi connectivity index (χ1) is 11.5. The number of hydrogen-bond donors (Lipinski definition) is 0. The van der Waals surface area contributed by atoms with Crippen molar-refractivity contribution in [1.82, 2.24) is 4.90 Å². The smallest absolute Gasteiger partial charge is 0.164 e. The predicted molar refractivity (Wildman–Crippen MR) is 105 cm³/mol. The summed E-state index contributed by atoms with van der Waals surface area (Å²) >= 11 is 0. The molecule has 2 aromatic rings. The summed E-state index contributed by atoms with van der Waals surface area (Å²) in [6.07, 6.45) is 0.941. The number of ketones is 2. The number of halogens is 1. The van der Waals surface area contributed by atoms with E-state index in [9.17, 15) is 9.59 Å². The van der Waals surface area contributed by atoms with Gasteiger partial charge in [-0.25, -0.2) is 0 Å². The first kappa shape index (κ1) is 21.1. The quantitative estimate of drug-likeness (QED) is 0.651. The number of aryl methyl sites for hydroxylation is 2. The lowest BCUT2D eigenvalue weighted by Crippen LogP contribution is -2.24. The van der Waals surface area contributed by atoms with Crippen molar-refractivity contribution in [2.45, 2.75) is 26.7 Å². The fourth-order valence-corrected chi connectivity index (χ4v) is 2.46. The summed E-state index contributed by atoms with van der Waals surface area (Å²) in [5, 5.41) is 0. The average Bonchev–Trinajstić information content (AvgIpc) is 2.58. The Labute approximate surface area is 156 Å². The molecule has 0 aromatic heterocycles. The lowest BCUT2D eigenvalue weighted by molar-refractivity contribution is 0.0956. The molecule has 0 spiro atoms. The molecular formula is C21H26ClNO2. The fourth-order valence-electron chi connectivity index (χ4n) is 2.46. The summed E-state index contributed by atoms with van der Waals surface area (Å²) < 4.78 is 0. The molecule has 25 heavy (non-hydrogen) atoms. The van der Waals surface area contributed by atoms with Crippen LogP contribution < -0.4 is 0 Å². The van der Waals surface area contributed by atoms with Crippen molar-refractivity contribution in [3.8, 4) is 0 Å². The van der Waals surface area contributed by atoms with Gasteiger partial charge in [-0.2, -0.15) is 0 Å². The van der Waals surface area contributed by atoms with E-state index in [2.05, 4.69) is 0 Å². The molecule has 0 saturated carbocycles. The van der Waals surface area contributed by atoms with Crippen LogP contribution in [0.25, 0.3) is 0 Å². The second-order valence-corrected chi connectivity index (χ2v) is 6.38. The topological polar surface area (TPSA) is 37.4 Å². The number of carbonyl (C=O) groups excluding carboxylic acids is 2. The SMILES string of the molecule is Cc1ccc(C(=O)CCN(C)CCC(=O)c2ccc(C)cc2)cc1.Cl. The third-order valence-corrected chi connectivity index (χ3v) is 4.19. The van der Waals surface area contributed by atoms with Crippen LogP contribution in [0.4, 0.5) is 0 Å². The van der Waals surface area contributed by atoms with Crippen molar-refractivity contribution in [2.75, 3.05) is 20.1 Å². The van der Waals surface area contributed by atoms with Crippen molar-refractivity contribution in [1.29, 1.82) is 0 Å². The van der Waals surface area contributed by atoms with Gasteiger partial charge in [-0.1, -0.05) is 59.7 Å². The van der Waals surface area contributed by atoms with E-state index in [4.69, 9.17) is 0 Å². The highest BCUT2D eigenvalue weighted by Gasteiger charge is 2.10. The van der Waals surface area contributed by atoms with E-state index in [1.807, 2.05) is 74.3 Å². The van der Waals surface area contributed by atoms with Crippen molar-refractivity contribution in [3.63, 3.8) is 0 Å². The van der Waals surface area contributed by atoms with Gasteiger partial charge in [-0.05, 0) is 20.9 Å². The summed E-state index contributed by atoms with van der Waals surface area (Å²) in [6.45, 7) is 5.34. The molecule has 0 heterocycles. The molecule has 4 heteroatoms.